The lowest BCUT2D eigenvalue weighted by molar-refractivity contribution is -0.121. The maximum atomic E-state index is 13.2. The van der Waals surface area contributed by atoms with E-state index < -0.39 is 10.0 Å². The molecular weight excluding hydrogens is 420 g/mol. The Morgan fingerprint density at radius 1 is 0.967 bits per heavy atom. The summed E-state index contributed by atoms with van der Waals surface area (Å²) >= 11 is 1.52. The Labute approximate surface area is 180 Å². The summed E-state index contributed by atoms with van der Waals surface area (Å²) in [5, 5.41) is 4.68. The van der Waals surface area contributed by atoms with Crippen molar-refractivity contribution < 1.29 is 18.0 Å². The van der Waals surface area contributed by atoms with Crippen molar-refractivity contribution in [1.29, 1.82) is 0 Å². The number of amides is 1. The van der Waals surface area contributed by atoms with Crippen molar-refractivity contribution in [3.8, 4) is 0 Å². The number of hydrogen-bond donors (Lipinski definition) is 1. The first-order chi connectivity index (χ1) is 14.4. The lowest BCUT2D eigenvalue weighted by Gasteiger charge is -2.22. The lowest BCUT2D eigenvalue weighted by Crippen LogP contribution is -2.40. The highest BCUT2D eigenvalue weighted by atomic mass is 32.2. The van der Waals surface area contributed by atoms with Crippen LogP contribution < -0.4 is 5.32 Å². The molecule has 0 saturated heterocycles. The van der Waals surface area contributed by atoms with E-state index in [1.807, 2.05) is 47.8 Å². The molecule has 0 unspecified atom stereocenters. The number of thiophene rings is 1. The molecule has 1 heterocycles. The van der Waals surface area contributed by atoms with Crippen LogP contribution in [0.4, 0.5) is 0 Å². The third-order valence-corrected chi connectivity index (χ3v) is 7.14. The largest absolute Gasteiger partial charge is 0.350 e. The van der Waals surface area contributed by atoms with Crippen molar-refractivity contribution in [3.05, 3.63) is 88.1 Å². The van der Waals surface area contributed by atoms with Gasteiger partial charge in [-0.25, -0.2) is 8.42 Å². The molecule has 30 heavy (non-hydrogen) atoms. The normalized spacial score (nSPS) is 11.4. The minimum Gasteiger partial charge on any atom is -0.350 e. The maximum absolute atomic E-state index is 13.2. The van der Waals surface area contributed by atoms with Gasteiger partial charge in [-0.3, -0.25) is 9.59 Å². The summed E-state index contributed by atoms with van der Waals surface area (Å²) in [6.07, 6.45) is 0. The Morgan fingerprint density at radius 2 is 1.67 bits per heavy atom. The van der Waals surface area contributed by atoms with Crippen LogP contribution in [0.1, 0.15) is 27.7 Å². The number of carbonyl (C=O) groups excluding carboxylic acids is 2. The molecule has 1 aromatic heterocycles. The van der Waals surface area contributed by atoms with Crippen molar-refractivity contribution in [3.63, 3.8) is 0 Å². The summed E-state index contributed by atoms with van der Waals surface area (Å²) in [6.45, 7) is 1.52. The Kier molecular flexibility index (Phi) is 7.15. The molecule has 156 valence electrons. The second-order valence-corrected chi connectivity index (χ2v) is 9.67. The average Bonchev–Trinajstić information content (AvgIpc) is 3.26. The molecule has 0 radical (unpaired) electrons. The number of hydrogen-bond acceptors (Lipinski definition) is 5. The zero-order chi connectivity index (χ0) is 21.6. The number of nitrogens with one attached hydrogen (secondary N) is 1. The Bertz CT molecular complexity index is 1090. The summed E-state index contributed by atoms with van der Waals surface area (Å²) in [4.78, 5) is 25.0. The van der Waals surface area contributed by atoms with Gasteiger partial charge in [-0.2, -0.15) is 4.31 Å². The second-order valence-electron chi connectivity index (χ2n) is 6.70. The summed E-state index contributed by atoms with van der Waals surface area (Å²) in [5.74, 6) is -0.531. The smallest absolute Gasteiger partial charge is 0.243 e. The first kappa shape index (κ1) is 21.9. The second kappa shape index (κ2) is 9.80. The van der Waals surface area contributed by atoms with Gasteiger partial charge in [-0.1, -0.05) is 48.5 Å². The van der Waals surface area contributed by atoms with Gasteiger partial charge in [0.05, 0.1) is 18.0 Å². The van der Waals surface area contributed by atoms with Gasteiger partial charge in [0.15, 0.2) is 5.78 Å². The molecule has 0 aliphatic heterocycles. The highest BCUT2D eigenvalue weighted by Gasteiger charge is 2.27. The van der Waals surface area contributed by atoms with Gasteiger partial charge in [0.1, 0.15) is 0 Å². The first-order valence-corrected chi connectivity index (χ1v) is 11.6. The quantitative estimate of drug-likeness (QED) is 0.515. The third-order valence-electron chi connectivity index (χ3n) is 4.46. The van der Waals surface area contributed by atoms with Crippen molar-refractivity contribution in [2.45, 2.75) is 24.9 Å². The van der Waals surface area contributed by atoms with E-state index >= 15 is 0 Å². The number of ketones is 1. The zero-order valence-corrected chi connectivity index (χ0v) is 18.1. The van der Waals surface area contributed by atoms with Gasteiger partial charge < -0.3 is 5.32 Å². The first-order valence-electron chi connectivity index (χ1n) is 9.30. The van der Waals surface area contributed by atoms with Crippen LogP contribution in [-0.2, 0) is 27.9 Å². The number of sulfonamides is 1. The van der Waals surface area contributed by atoms with Crippen LogP contribution in [0, 0.1) is 0 Å². The van der Waals surface area contributed by atoms with E-state index in [4.69, 9.17) is 0 Å². The number of benzene rings is 2. The van der Waals surface area contributed by atoms with Crippen molar-refractivity contribution in [1.82, 2.24) is 9.62 Å². The minimum atomic E-state index is -3.95. The zero-order valence-electron chi connectivity index (χ0n) is 16.4. The molecule has 1 amide bonds. The number of Topliss-reactive ketones (excluding diaryl/α,β-unsaturated/α-hetero) is 1. The van der Waals surface area contributed by atoms with E-state index in [-0.39, 0.29) is 29.7 Å². The predicted octanol–water partition coefficient (Wildman–Crippen LogP) is 3.46. The fourth-order valence-electron chi connectivity index (χ4n) is 2.84. The fraction of sp³-hybridized carbons (Fsp3) is 0.182. The van der Waals surface area contributed by atoms with Gasteiger partial charge in [0, 0.05) is 17.0 Å². The molecule has 0 aliphatic rings. The van der Waals surface area contributed by atoms with Gasteiger partial charge in [0.25, 0.3) is 0 Å². The van der Waals surface area contributed by atoms with E-state index in [0.717, 1.165) is 14.7 Å². The highest BCUT2D eigenvalue weighted by Crippen LogP contribution is 2.19. The molecule has 1 N–H and O–H groups in total. The minimum absolute atomic E-state index is 0.0366. The average molecular weight is 443 g/mol. The molecule has 0 atom stereocenters. The predicted molar refractivity (Wildman–Crippen MR) is 117 cm³/mol. The molecule has 0 aliphatic carbocycles. The van der Waals surface area contributed by atoms with E-state index in [9.17, 15) is 18.0 Å². The fourth-order valence-corrected chi connectivity index (χ4v) is 4.87. The molecular formula is C22H22N2O4S2. The standard InChI is InChI=1S/C22H22N2O4S2/c1-17(25)19-9-11-21(12-10-19)30(27,28)24(15-18-6-3-2-4-7-18)16-22(26)23-14-20-8-5-13-29-20/h2-13H,14-16H2,1H3,(H,23,26). The highest BCUT2D eigenvalue weighted by molar-refractivity contribution is 7.89. The van der Waals surface area contributed by atoms with Gasteiger partial charge >= 0.3 is 0 Å². The van der Waals surface area contributed by atoms with Gasteiger partial charge in [-0.05, 0) is 36.1 Å². The van der Waals surface area contributed by atoms with Crippen LogP contribution in [0.3, 0.4) is 0 Å². The summed E-state index contributed by atoms with van der Waals surface area (Å²) in [5.41, 5.74) is 1.20. The number of nitrogens with zero attached hydrogens (tertiary/aromatic N) is 1. The molecule has 8 heteroatoms. The van der Waals surface area contributed by atoms with E-state index in [1.165, 1.54) is 42.5 Å². The Hall–Kier alpha value is -2.81. The molecule has 0 bridgehead atoms. The van der Waals surface area contributed by atoms with Gasteiger partial charge in [0.2, 0.25) is 15.9 Å². The summed E-state index contributed by atoms with van der Waals surface area (Å²) in [7, 11) is -3.95. The lowest BCUT2D eigenvalue weighted by atomic mass is 10.2. The molecule has 0 fully saturated rings. The Morgan fingerprint density at radius 3 is 2.27 bits per heavy atom. The molecule has 0 saturated carbocycles. The topological polar surface area (TPSA) is 83.6 Å². The van der Waals surface area contributed by atoms with Crippen LogP contribution in [0.5, 0.6) is 0 Å². The summed E-state index contributed by atoms with van der Waals surface area (Å²) < 4.78 is 27.6. The molecule has 0 spiro atoms. The van der Waals surface area contributed by atoms with Crippen LogP contribution in [0.2, 0.25) is 0 Å². The third kappa shape index (κ3) is 5.63. The Balaban J connectivity index is 1.81. The van der Waals surface area contributed by atoms with E-state index in [1.54, 1.807) is 0 Å². The summed E-state index contributed by atoms with van der Waals surface area (Å²) in [6, 6.07) is 18.6. The van der Waals surface area contributed by atoms with Crippen LogP contribution in [0.25, 0.3) is 0 Å². The number of rotatable bonds is 9. The van der Waals surface area contributed by atoms with Gasteiger partial charge in [-0.15, -0.1) is 11.3 Å². The van der Waals surface area contributed by atoms with Crippen molar-refractivity contribution in [2.24, 2.45) is 0 Å². The van der Waals surface area contributed by atoms with Crippen molar-refractivity contribution in [2.75, 3.05) is 6.54 Å². The SMILES string of the molecule is CC(=O)c1ccc(S(=O)(=O)N(CC(=O)NCc2cccs2)Cc2ccccc2)cc1. The van der Waals surface area contributed by atoms with E-state index in [2.05, 4.69) is 5.32 Å². The molecule has 6 nitrogen and oxygen atoms in total. The van der Waals surface area contributed by atoms with Crippen LogP contribution in [-0.4, -0.2) is 31.0 Å². The van der Waals surface area contributed by atoms with Crippen LogP contribution >= 0.6 is 11.3 Å². The molecule has 2 aromatic carbocycles. The monoisotopic (exact) mass is 442 g/mol. The van der Waals surface area contributed by atoms with Crippen molar-refractivity contribution >= 4 is 33.1 Å². The maximum Gasteiger partial charge on any atom is 0.243 e. The molecule has 3 rings (SSSR count). The molecule has 3 aromatic rings. The van der Waals surface area contributed by atoms with Crippen LogP contribution in [0.15, 0.2) is 77.0 Å². The van der Waals surface area contributed by atoms with E-state index in [0.29, 0.717) is 12.1 Å². The number of carbonyl (C=O) groups is 2.